The van der Waals surface area contributed by atoms with E-state index in [1.807, 2.05) is 53.4 Å². The Morgan fingerprint density at radius 3 is 2.59 bits per heavy atom. The number of carboxylic acid groups (broad SMARTS) is 1. The van der Waals surface area contributed by atoms with Gasteiger partial charge in [-0.15, -0.1) is 0 Å². The first-order valence-electron chi connectivity index (χ1n) is 12.1. The van der Waals surface area contributed by atoms with Crippen LogP contribution >= 0.6 is 0 Å². The third kappa shape index (κ3) is 6.68. The van der Waals surface area contributed by atoms with E-state index in [1.54, 1.807) is 7.11 Å². The second kappa shape index (κ2) is 12.4. The second-order valence-corrected chi connectivity index (χ2v) is 8.89. The molecule has 37 heavy (non-hydrogen) atoms. The van der Waals surface area contributed by atoms with Crippen molar-refractivity contribution in [3.63, 3.8) is 0 Å². The number of aliphatic carboxylic acids is 1. The first kappa shape index (κ1) is 26.2. The van der Waals surface area contributed by atoms with Gasteiger partial charge in [-0.05, 0) is 52.9 Å². The van der Waals surface area contributed by atoms with E-state index in [9.17, 15) is 9.90 Å². The smallest absolute Gasteiger partial charge is 0.304 e. The summed E-state index contributed by atoms with van der Waals surface area (Å²) >= 11 is 0. The van der Waals surface area contributed by atoms with Gasteiger partial charge < -0.3 is 19.5 Å². The number of carboxylic acids is 1. The van der Waals surface area contributed by atoms with Crippen LogP contribution < -0.4 is 0 Å². The molecule has 0 radical (unpaired) electrons. The Balaban J connectivity index is 1.57. The van der Waals surface area contributed by atoms with Gasteiger partial charge in [-0.1, -0.05) is 53.7 Å². The standard InChI is InChI=1S/C29H31N3O5/c1-20-6-3-4-9-25(20)26-11-10-23(17-24(26)19-36-2)29-30-28(31-37-29)22-8-5-7-21(16-22)18-32(14-15-33)13-12-27(34)35/h3-11,16-17,33H,12-15,18-19H2,1-2H3,(H,34,35). The molecule has 8 nitrogen and oxygen atoms in total. The van der Waals surface area contributed by atoms with Crippen LogP contribution in [0, 0.1) is 6.92 Å². The van der Waals surface area contributed by atoms with Gasteiger partial charge in [0.2, 0.25) is 5.82 Å². The van der Waals surface area contributed by atoms with Gasteiger partial charge in [-0.2, -0.15) is 4.98 Å². The number of benzene rings is 3. The van der Waals surface area contributed by atoms with Crippen LogP contribution in [-0.2, 0) is 22.7 Å². The number of methoxy groups -OCH3 is 1. The van der Waals surface area contributed by atoms with Gasteiger partial charge in [-0.25, -0.2) is 0 Å². The second-order valence-electron chi connectivity index (χ2n) is 8.89. The number of ether oxygens (including phenoxy) is 1. The highest BCUT2D eigenvalue weighted by atomic mass is 16.5. The van der Waals surface area contributed by atoms with Gasteiger partial charge in [0, 0.05) is 37.9 Å². The van der Waals surface area contributed by atoms with Crippen LogP contribution in [0.3, 0.4) is 0 Å². The monoisotopic (exact) mass is 501 g/mol. The molecule has 0 saturated carbocycles. The molecule has 0 aliphatic heterocycles. The predicted molar refractivity (Wildman–Crippen MR) is 141 cm³/mol. The van der Waals surface area contributed by atoms with Crippen molar-refractivity contribution in [3.8, 4) is 34.0 Å². The van der Waals surface area contributed by atoms with E-state index in [0.29, 0.717) is 38.0 Å². The molecule has 0 fully saturated rings. The summed E-state index contributed by atoms with van der Waals surface area (Å²) in [4.78, 5) is 17.5. The van der Waals surface area contributed by atoms with E-state index < -0.39 is 5.97 Å². The maximum atomic E-state index is 11.0. The third-order valence-corrected chi connectivity index (χ3v) is 6.16. The first-order chi connectivity index (χ1) is 18.0. The van der Waals surface area contributed by atoms with Crippen LogP contribution in [0.5, 0.6) is 0 Å². The molecule has 1 aromatic heterocycles. The normalized spacial score (nSPS) is 11.2. The Morgan fingerprint density at radius 2 is 1.84 bits per heavy atom. The number of rotatable bonds is 12. The summed E-state index contributed by atoms with van der Waals surface area (Å²) in [6.45, 7) is 3.76. The third-order valence-electron chi connectivity index (χ3n) is 6.16. The van der Waals surface area contributed by atoms with Crippen molar-refractivity contribution in [2.75, 3.05) is 26.8 Å². The SMILES string of the molecule is COCc1cc(-c2nc(-c3cccc(CN(CCO)CCC(=O)O)c3)no2)ccc1-c1ccccc1C. The molecule has 3 aromatic carbocycles. The highest BCUT2D eigenvalue weighted by Gasteiger charge is 2.15. The Kier molecular flexibility index (Phi) is 8.79. The molecule has 0 aliphatic rings. The van der Waals surface area contributed by atoms with E-state index in [-0.39, 0.29) is 13.0 Å². The van der Waals surface area contributed by atoms with E-state index in [1.165, 1.54) is 5.56 Å². The van der Waals surface area contributed by atoms with Gasteiger partial charge in [-0.3, -0.25) is 9.69 Å². The fraction of sp³-hybridized carbons (Fsp3) is 0.276. The minimum absolute atomic E-state index is 0.0155. The van der Waals surface area contributed by atoms with E-state index in [0.717, 1.165) is 33.4 Å². The number of carbonyl (C=O) groups is 1. The Bertz CT molecular complexity index is 1350. The zero-order valence-electron chi connectivity index (χ0n) is 21.1. The van der Waals surface area contributed by atoms with Crippen molar-refractivity contribution in [1.82, 2.24) is 15.0 Å². The molecule has 0 unspecified atom stereocenters. The molecule has 192 valence electrons. The van der Waals surface area contributed by atoms with Gasteiger partial charge in [0.1, 0.15) is 0 Å². The van der Waals surface area contributed by atoms with Crippen molar-refractivity contribution in [3.05, 3.63) is 83.4 Å². The number of nitrogens with zero attached hydrogens (tertiary/aromatic N) is 3. The number of hydrogen-bond donors (Lipinski definition) is 2. The zero-order chi connectivity index (χ0) is 26.2. The molecule has 4 aromatic rings. The lowest BCUT2D eigenvalue weighted by atomic mass is 9.94. The summed E-state index contributed by atoms with van der Waals surface area (Å²) in [5, 5.41) is 22.5. The van der Waals surface area contributed by atoms with Gasteiger partial charge in [0.15, 0.2) is 0 Å². The lowest BCUT2D eigenvalue weighted by molar-refractivity contribution is -0.137. The summed E-state index contributed by atoms with van der Waals surface area (Å²) in [5.74, 6) is 0.0152. The van der Waals surface area contributed by atoms with Crippen molar-refractivity contribution in [2.24, 2.45) is 0 Å². The Morgan fingerprint density at radius 1 is 1.00 bits per heavy atom. The average molecular weight is 502 g/mol. The molecular formula is C29H31N3O5. The number of aromatic nitrogens is 2. The highest BCUT2D eigenvalue weighted by molar-refractivity contribution is 5.74. The molecule has 0 bridgehead atoms. The summed E-state index contributed by atoms with van der Waals surface area (Å²) < 4.78 is 11.1. The summed E-state index contributed by atoms with van der Waals surface area (Å²) in [5.41, 5.74) is 7.04. The fourth-order valence-corrected chi connectivity index (χ4v) is 4.33. The molecule has 0 atom stereocenters. The first-order valence-corrected chi connectivity index (χ1v) is 12.1. The topological polar surface area (TPSA) is 109 Å². The van der Waals surface area contributed by atoms with Crippen molar-refractivity contribution in [1.29, 1.82) is 0 Å². The Hall–Kier alpha value is -3.85. The average Bonchev–Trinajstić information content (AvgIpc) is 3.39. The zero-order valence-corrected chi connectivity index (χ0v) is 21.1. The molecule has 0 saturated heterocycles. The molecular weight excluding hydrogens is 470 g/mol. The predicted octanol–water partition coefficient (Wildman–Crippen LogP) is 4.79. The van der Waals surface area contributed by atoms with Crippen molar-refractivity contribution >= 4 is 5.97 Å². The highest BCUT2D eigenvalue weighted by Crippen LogP contribution is 2.31. The van der Waals surface area contributed by atoms with Gasteiger partial charge >= 0.3 is 5.97 Å². The van der Waals surface area contributed by atoms with Gasteiger partial charge in [0.25, 0.3) is 5.89 Å². The molecule has 4 rings (SSSR count). The molecule has 0 spiro atoms. The molecule has 1 heterocycles. The largest absolute Gasteiger partial charge is 0.481 e. The van der Waals surface area contributed by atoms with Crippen molar-refractivity contribution < 1.29 is 24.3 Å². The molecule has 8 heteroatoms. The fourth-order valence-electron chi connectivity index (χ4n) is 4.33. The van der Waals surface area contributed by atoms with Crippen molar-refractivity contribution in [2.45, 2.75) is 26.5 Å². The van der Waals surface area contributed by atoms with Crippen LogP contribution in [0.2, 0.25) is 0 Å². The minimum atomic E-state index is -0.864. The van der Waals surface area contributed by atoms with Crippen LogP contribution in [0.4, 0.5) is 0 Å². The van der Waals surface area contributed by atoms with Crippen LogP contribution in [0.1, 0.15) is 23.1 Å². The lowest BCUT2D eigenvalue weighted by Crippen LogP contribution is -2.28. The van der Waals surface area contributed by atoms with E-state index in [4.69, 9.17) is 14.4 Å². The number of aryl methyl sites for hydroxylation is 1. The Labute approximate surface area is 216 Å². The van der Waals surface area contributed by atoms with E-state index in [2.05, 4.69) is 35.3 Å². The number of aliphatic hydroxyl groups is 1. The quantitative estimate of drug-likeness (QED) is 0.285. The van der Waals surface area contributed by atoms with Crippen LogP contribution in [-0.4, -0.2) is 58.0 Å². The number of hydrogen-bond acceptors (Lipinski definition) is 7. The molecule has 0 amide bonds. The summed E-state index contributed by atoms with van der Waals surface area (Å²) in [6, 6.07) is 22.0. The molecule has 0 aliphatic carbocycles. The van der Waals surface area contributed by atoms with Crippen LogP contribution in [0.15, 0.2) is 71.3 Å². The lowest BCUT2D eigenvalue weighted by Gasteiger charge is -2.20. The summed E-state index contributed by atoms with van der Waals surface area (Å²) in [7, 11) is 1.68. The number of aliphatic hydroxyl groups excluding tert-OH is 1. The molecule has 2 N–H and O–H groups in total. The minimum Gasteiger partial charge on any atom is -0.481 e. The van der Waals surface area contributed by atoms with E-state index >= 15 is 0 Å². The van der Waals surface area contributed by atoms with Crippen LogP contribution in [0.25, 0.3) is 34.0 Å². The maximum Gasteiger partial charge on any atom is 0.304 e. The summed E-state index contributed by atoms with van der Waals surface area (Å²) in [6.07, 6.45) is 0.0155. The van der Waals surface area contributed by atoms with Gasteiger partial charge in [0.05, 0.1) is 19.6 Å². The maximum absolute atomic E-state index is 11.0.